The minimum Gasteiger partial charge on any atom is -0.507 e. The molecule has 0 aliphatic heterocycles. The third-order valence-electron chi connectivity index (χ3n) is 2.94. The van der Waals surface area contributed by atoms with Crippen molar-refractivity contribution >= 4 is 45.9 Å². The first kappa shape index (κ1) is 19.7. The van der Waals surface area contributed by atoms with Crippen LogP contribution in [0.1, 0.15) is 23.0 Å². The molecule has 0 unspecified atom stereocenters. The molecule has 1 amide bonds. The number of benzene rings is 1. The van der Waals surface area contributed by atoms with Gasteiger partial charge >= 0.3 is 11.9 Å². The van der Waals surface area contributed by atoms with Crippen molar-refractivity contribution in [1.82, 2.24) is 4.98 Å². The Morgan fingerprint density at radius 3 is 2.81 bits per heavy atom. The Balaban J connectivity index is 1.85. The Labute approximate surface area is 157 Å². The number of anilines is 1. The van der Waals surface area contributed by atoms with Crippen LogP contribution in [0.5, 0.6) is 5.75 Å². The van der Waals surface area contributed by atoms with Crippen LogP contribution in [0.3, 0.4) is 0 Å². The van der Waals surface area contributed by atoms with Gasteiger partial charge in [-0.15, -0.1) is 11.3 Å². The smallest absolute Gasteiger partial charge is 0.342 e. The van der Waals surface area contributed by atoms with Gasteiger partial charge in [0, 0.05) is 10.4 Å². The van der Waals surface area contributed by atoms with Gasteiger partial charge in [-0.2, -0.15) is 0 Å². The van der Waals surface area contributed by atoms with Crippen molar-refractivity contribution in [1.29, 1.82) is 0 Å². The van der Waals surface area contributed by atoms with Gasteiger partial charge < -0.3 is 14.6 Å². The van der Waals surface area contributed by atoms with Crippen molar-refractivity contribution in [2.24, 2.45) is 0 Å². The van der Waals surface area contributed by atoms with Crippen LogP contribution in [0, 0.1) is 0 Å². The van der Waals surface area contributed by atoms with Gasteiger partial charge in [0.2, 0.25) is 0 Å². The van der Waals surface area contributed by atoms with E-state index in [9.17, 15) is 19.5 Å². The number of ether oxygens (including phenoxy) is 2. The van der Waals surface area contributed by atoms with Crippen molar-refractivity contribution in [3.05, 3.63) is 39.9 Å². The monoisotopic (exact) mass is 398 g/mol. The Morgan fingerprint density at radius 2 is 2.08 bits per heavy atom. The number of amides is 1. The SMILES string of the molecule is CCOC(=O)Cc1csc(NC(=O)COC(=O)c2cc(Cl)ccc2O)n1. The van der Waals surface area contributed by atoms with E-state index in [-0.39, 0.29) is 34.5 Å². The van der Waals surface area contributed by atoms with E-state index in [0.717, 1.165) is 11.3 Å². The lowest BCUT2D eigenvalue weighted by Gasteiger charge is -2.06. The van der Waals surface area contributed by atoms with E-state index in [0.29, 0.717) is 5.69 Å². The Bertz CT molecular complexity index is 823. The molecule has 0 bridgehead atoms. The maximum absolute atomic E-state index is 11.9. The molecule has 1 heterocycles. The van der Waals surface area contributed by atoms with Gasteiger partial charge in [0.25, 0.3) is 5.91 Å². The number of aromatic hydroxyl groups is 1. The number of thiazole rings is 1. The van der Waals surface area contributed by atoms with Crippen LogP contribution in [-0.2, 0) is 25.5 Å². The van der Waals surface area contributed by atoms with Gasteiger partial charge in [-0.05, 0) is 25.1 Å². The third kappa shape index (κ3) is 5.71. The average molecular weight is 399 g/mol. The number of esters is 2. The average Bonchev–Trinajstić information content (AvgIpc) is 3.01. The van der Waals surface area contributed by atoms with Crippen molar-refractivity contribution in [2.45, 2.75) is 13.3 Å². The number of phenolic OH excluding ortho intramolecular Hbond substituents is 1. The molecule has 26 heavy (non-hydrogen) atoms. The minimum atomic E-state index is -0.887. The fourth-order valence-corrected chi connectivity index (χ4v) is 2.74. The van der Waals surface area contributed by atoms with Crippen molar-refractivity contribution in [3.63, 3.8) is 0 Å². The summed E-state index contributed by atoms with van der Waals surface area (Å²) in [7, 11) is 0. The molecule has 1 aromatic heterocycles. The number of hydrogen-bond acceptors (Lipinski definition) is 8. The molecular formula is C16H15ClN2O6S. The van der Waals surface area contributed by atoms with E-state index in [2.05, 4.69) is 10.3 Å². The molecule has 2 aromatic rings. The van der Waals surface area contributed by atoms with Gasteiger partial charge in [-0.3, -0.25) is 14.9 Å². The normalized spacial score (nSPS) is 10.2. The van der Waals surface area contributed by atoms with Crippen LogP contribution in [0.2, 0.25) is 5.02 Å². The Kier molecular flexibility index (Phi) is 6.93. The highest BCUT2D eigenvalue weighted by Gasteiger charge is 2.16. The summed E-state index contributed by atoms with van der Waals surface area (Å²) < 4.78 is 9.65. The summed E-state index contributed by atoms with van der Waals surface area (Å²) in [5, 5.41) is 14.2. The molecule has 0 saturated heterocycles. The number of aromatic nitrogens is 1. The lowest BCUT2D eigenvalue weighted by Crippen LogP contribution is -2.21. The first-order valence-electron chi connectivity index (χ1n) is 7.44. The molecule has 0 aliphatic rings. The lowest BCUT2D eigenvalue weighted by molar-refractivity contribution is -0.142. The van der Waals surface area contributed by atoms with Crippen LogP contribution in [0.15, 0.2) is 23.6 Å². The van der Waals surface area contributed by atoms with Gasteiger partial charge in [-0.1, -0.05) is 11.6 Å². The molecule has 0 saturated carbocycles. The maximum atomic E-state index is 11.9. The number of halogens is 1. The van der Waals surface area contributed by atoms with Gasteiger partial charge in [0.1, 0.15) is 11.3 Å². The molecule has 0 fully saturated rings. The number of phenols is 1. The zero-order valence-electron chi connectivity index (χ0n) is 13.7. The highest BCUT2D eigenvalue weighted by Crippen LogP contribution is 2.22. The summed E-state index contributed by atoms with van der Waals surface area (Å²) in [6, 6.07) is 3.90. The number of nitrogens with one attached hydrogen (secondary N) is 1. The van der Waals surface area contributed by atoms with E-state index < -0.39 is 24.5 Å². The van der Waals surface area contributed by atoms with E-state index >= 15 is 0 Å². The van der Waals surface area contributed by atoms with Crippen LogP contribution in [0.25, 0.3) is 0 Å². The van der Waals surface area contributed by atoms with Crippen molar-refractivity contribution < 1.29 is 29.0 Å². The van der Waals surface area contributed by atoms with Crippen LogP contribution in [-0.4, -0.2) is 41.2 Å². The number of rotatable bonds is 7. The van der Waals surface area contributed by atoms with E-state index in [1.165, 1.54) is 18.2 Å². The second kappa shape index (κ2) is 9.16. The van der Waals surface area contributed by atoms with Crippen molar-refractivity contribution in [2.75, 3.05) is 18.5 Å². The fourth-order valence-electron chi connectivity index (χ4n) is 1.84. The quantitative estimate of drug-likeness (QED) is 0.688. The summed E-state index contributed by atoms with van der Waals surface area (Å²) in [5.41, 5.74) is 0.320. The fraction of sp³-hybridized carbons (Fsp3) is 0.250. The molecule has 1 aromatic carbocycles. The zero-order chi connectivity index (χ0) is 19.1. The van der Waals surface area contributed by atoms with E-state index in [1.54, 1.807) is 12.3 Å². The first-order valence-corrected chi connectivity index (χ1v) is 8.70. The van der Waals surface area contributed by atoms with Crippen LogP contribution in [0.4, 0.5) is 5.13 Å². The number of nitrogens with zero attached hydrogens (tertiary/aromatic N) is 1. The molecule has 2 N–H and O–H groups in total. The molecule has 10 heteroatoms. The molecule has 8 nitrogen and oxygen atoms in total. The zero-order valence-corrected chi connectivity index (χ0v) is 15.2. The van der Waals surface area contributed by atoms with Crippen LogP contribution < -0.4 is 5.32 Å². The molecule has 0 atom stereocenters. The number of carbonyl (C=O) groups is 3. The number of hydrogen-bond donors (Lipinski definition) is 2. The van der Waals surface area contributed by atoms with E-state index in [4.69, 9.17) is 21.1 Å². The summed E-state index contributed by atoms with van der Waals surface area (Å²) in [6.45, 7) is 1.41. The van der Waals surface area contributed by atoms with E-state index in [1.807, 2.05) is 0 Å². The predicted octanol–water partition coefficient (Wildman–Crippen LogP) is 2.40. The van der Waals surface area contributed by atoms with Crippen LogP contribution >= 0.6 is 22.9 Å². The third-order valence-corrected chi connectivity index (χ3v) is 3.98. The number of carbonyl (C=O) groups excluding carboxylic acids is 3. The molecule has 0 radical (unpaired) electrons. The van der Waals surface area contributed by atoms with Gasteiger partial charge in [-0.25, -0.2) is 9.78 Å². The second-order valence-electron chi connectivity index (χ2n) is 4.91. The lowest BCUT2D eigenvalue weighted by atomic mass is 10.2. The standard InChI is InChI=1S/C16H15ClN2O6S/c1-2-24-14(22)6-10-8-26-16(18-10)19-13(21)7-25-15(23)11-5-9(17)3-4-12(11)20/h3-5,8,20H,2,6-7H2,1H3,(H,18,19,21). The highest BCUT2D eigenvalue weighted by atomic mass is 35.5. The topological polar surface area (TPSA) is 115 Å². The summed E-state index contributed by atoms with van der Waals surface area (Å²) >= 11 is 6.88. The summed E-state index contributed by atoms with van der Waals surface area (Å²) in [6.07, 6.45) is 0.00321. The predicted molar refractivity (Wildman–Crippen MR) is 94.5 cm³/mol. The Hall–Kier alpha value is -2.65. The van der Waals surface area contributed by atoms with Gasteiger partial charge in [0.15, 0.2) is 11.7 Å². The van der Waals surface area contributed by atoms with Gasteiger partial charge in [0.05, 0.1) is 18.7 Å². The second-order valence-corrected chi connectivity index (χ2v) is 6.21. The molecule has 0 spiro atoms. The minimum absolute atomic E-state index is 0.00321. The summed E-state index contributed by atoms with van der Waals surface area (Å²) in [5.74, 6) is -2.21. The van der Waals surface area contributed by atoms with Crippen molar-refractivity contribution in [3.8, 4) is 5.75 Å². The molecule has 2 rings (SSSR count). The summed E-state index contributed by atoms with van der Waals surface area (Å²) in [4.78, 5) is 39.2. The highest BCUT2D eigenvalue weighted by molar-refractivity contribution is 7.13. The largest absolute Gasteiger partial charge is 0.507 e. The maximum Gasteiger partial charge on any atom is 0.342 e. The Morgan fingerprint density at radius 1 is 1.31 bits per heavy atom. The first-order chi connectivity index (χ1) is 12.4. The molecule has 138 valence electrons. The molecule has 0 aliphatic carbocycles. The molecular weight excluding hydrogens is 384 g/mol.